The lowest BCUT2D eigenvalue weighted by Crippen LogP contribution is -2.08. The molecule has 3 aromatic carbocycles. The van der Waals surface area contributed by atoms with E-state index in [4.69, 9.17) is 0 Å². The lowest BCUT2D eigenvalue weighted by atomic mass is 9.93. The Morgan fingerprint density at radius 1 is 0.844 bits per heavy atom. The molecule has 3 rings (SSSR count). The largest absolute Gasteiger partial charge is 0.359 e. The molecule has 32 heavy (non-hydrogen) atoms. The number of carbonyl (C=O) groups excluding carboxylic acids is 2. The number of aryl methyl sites for hydroxylation is 3. The van der Waals surface area contributed by atoms with Crippen LogP contribution in [-0.4, -0.2) is 11.6 Å². The number of hydrogen-bond donors (Lipinski definition) is 1. The summed E-state index contributed by atoms with van der Waals surface area (Å²) in [5, 5.41) is 3.36. The number of benzene rings is 3. The third-order valence-electron chi connectivity index (χ3n) is 5.86. The summed E-state index contributed by atoms with van der Waals surface area (Å²) in [5.41, 5.74) is 8.43. The molecule has 0 heterocycles. The summed E-state index contributed by atoms with van der Waals surface area (Å²) in [5.74, 6) is 0.117. The van der Waals surface area contributed by atoms with Gasteiger partial charge in [-0.2, -0.15) is 0 Å². The molecule has 0 aromatic heterocycles. The first-order valence-electron chi connectivity index (χ1n) is 11.1. The third-order valence-corrected chi connectivity index (χ3v) is 5.86. The minimum atomic E-state index is 0.0244. The average Bonchev–Trinajstić information content (AvgIpc) is 2.77. The molecule has 3 nitrogen and oxygen atoms in total. The standard InChI is InChI=1S/C29H31NO2/c1-6-23-12-11-20(3)27(17-23)29(22(5)31)21(4)30-26-15-13-24(14-16-26)28(32)18-25-10-8-7-9-19(25)2/h7-17,30H,6,18H2,1-5H3/b29-21+. The fourth-order valence-electron chi connectivity index (χ4n) is 3.92. The topological polar surface area (TPSA) is 46.2 Å². The minimum absolute atomic E-state index is 0.0244. The quantitative estimate of drug-likeness (QED) is 0.322. The second kappa shape index (κ2) is 10.2. The van der Waals surface area contributed by atoms with Crippen LogP contribution in [0.15, 0.2) is 72.4 Å². The zero-order valence-corrected chi connectivity index (χ0v) is 19.6. The van der Waals surface area contributed by atoms with Gasteiger partial charge in [-0.25, -0.2) is 0 Å². The van der Waals surface area contributed by atoms with E-state index in [0.29, 0.717) is 17.6 Å². The lowest BCUT2D eigenvalue weighted by Gasteiger charge is -2.16. The molecule has 0 radical (unpaired) electrons. The van der Waals surface area contributed by atoms with Crippen molar-refractivity contribution in [3.05, 3.63) is 106 Å². The molecule has 0 unspecified atom stereocenters. The van der Waals surface area contributed by atoms with Crippen molar-refractivity contribution in [1.29, 1.82) is 0 Å². The molecule has 3 aromatic rings. The maximum absolute atomic E-state index is 12.7. The third kappa shape index (κ3) is 5.42. The lowest BCUT2D eigenvalue weighted by molar-refractivity contribution is -0.111. The normalized spacial score (nSPS) is 11.7. The van der Waals surface area contributed by atoms with E-state index >= 15 is 0 Å². The highest BCUT2D eigenvalue weighted by atomic mass is 16.1. The maximum Gasteiger partial charge on any atom is 0.167 e. The number of allylic oxidation sites excluding steroid dienone is 2. The maximum atomic E-state index is 12.7. The van der Waals surface area contributed by atoms with Crippen LogP contribution in [0.25, 0.3) is 5.57 Å². The highest BCUT2D eigenvalue weighted by Crippen LogP contribution is 2.26. The first kappa shape index (κ1) is 23.2. The summed E-state index contributed by atoms with van der Waals surface area (Å²) < 4.78 is 0. The van der Waals surface area contributed by atoms with E-state index in [9.17, 15) is 9.59 Å². The van der Waals surface area contributed by atoms with Crippen molar-refractivity contribution in [2.45, 2.75) is 47.5 Å². The van der Waals surface area contributed by atoms with Gasteiger partial charge >= 0.3 is 0 Å². The zero-order valence-electron chi connectivity index (χ0n) is 19.6. The van der Waals surface area contributed by atoms with Gasteiger partial charge in [-0.05, 0) is 86.2 Å². The molecule has 0 saturated carbocycles. The molecule has 0 spiro atoms. The van der Waals surface area contributed by atoms with Gasteiger partial charge in [-0.1, -0.05) is 49.4 Å². The molecule has 164 valence electrons. The van der Waals surface area contributed by atoms with Crippen molar-refractivity contribution in [3.8, 4) is 0 Å². The molecule has 0 aliphatic rings. The van der Waals surface area contributed by atoms with Crippen LogP contribution in [-0.2, 0) is 17.6 Å². The predicted octanol–water partition coefficient (Wildman–Crippen LogP) is 6.72. The highest BCUT2D eigenvalue weighted by molar-refractivity contribution is 6.21. The predicted molar refractivity (Wildman–Crippen MR) is 133 cm³/mol. The Morgan fingerprint density at radius 2 is 1.53 bits per heavy atom. The molecular formula is C29H31NO2. The molecule has 1 N–H and O–H groups in total. The van der Waals surface area contributed by atoms with Crippen LogP contribution in [0.5, 0.6) is 0 Å². The van der Waals surface area contributed by atoms with E-state index in [1.165, 1.54) is 5.56 Å². The summed E-state index contributed by atoms with van der Waals surface area (Å²) in [6.07, 6.45) is 1.31. The molecule has 0 aliphatic carbocycles. The number of anilines is 1. The summed E-state index contributed by atoms with van der Waals surface area (Å²) in [4.78, 5) is 25.2. The zero-order chi connectivity index (χ0) is 23.3. The van der Waals surface area contributed by atoms with Crippen molar-refractivity contribution in [3.63, 3.8) is 0 Å². The van der Waals surface area contributed by atoms with Gasteiger partial charge in [0.25, 0.3) is 0 Å². The monoisotopic (exact) mass is 425 g/mol. The molecule has 0 bridgehead atoms. The highest BCUT2D eigenvalue weighted by Gasteiger charge is 2.15. The van der Waals surface area contributed by atoms with Crippen LogP contribution >= 0.6 is 0 Å². The number of Topliss-reactive ketones (excluding diaryl/α,β-unsaturated/α-hetero) is 2. The molecule has 0 fully saturated rings. The van der Waals surface area contributed by atoms with Crippen LogP contribution in [0.3, 0.4) is 0 Å². The number of carbonyl (C=O) groups is 2. The van der Waals surface area contributed by atoms with E-state index in [1.807, 2.05) is 69.3 Å². The molecule has 0 saturated heterocycles. The molecule has 0 amide bonds. The Labute approximate surface area is 191 Å². The van der Waals surface area contributed by atoms with E-state index in [0.717, 1.165) is 40.1 Å². The molecule has 0 aliphatic heterocycles. The Hall–Kier alpha value is -3.46. The Morgan fingerprint density at radius 3 is 2.16 bits per heavy atom. The van der Waals surface area contributed by atoms with Gasteiger partial charge in [-0.15, -0.1) is 0 Å². The summed E-state index contributed by atoms with van der Waals surface area (Å²) >= 11 is 0. The van der Waals surface area contributed by atoms with Gasteiger partial charge in [0.1, 0.15) is 0 Å². The van der Waals surface area contributed by atoms with Crippen molar-refractivity contribution >= 4 is 22.8 Å². The molecule has 0 atom stereocenters. The fourth-order valence-corrected chi connectivity index (χ4v) is 3.92. The Bertz CT molecular complexity index is 1170. The number of hydrogen-bond acceptors (Lipinski definition) is 3. The minimum Gasteiger partial charge on any atom is -0.359 e. The first-order valence-corrected chi connectivity index (χ1v) is 11.1. The average molecular weight is 426 g/mol. The SMILES string of the molecule is CCc1ccc(C)c(/C(C(C)=O)=C(\C)Nc2ccc(C(=O)Cc3ccccc3C)cc2)c1. The van der Waals surface area contributed by atoms with E-state index < -0.39 is 0 Å². The van der Waals surface area contributed by atoms with Gasteiger partial charge < -0.3 is 5.32 Å². The number of rotatable bonds is 8. The smallest absolute Gasteiger partial charge is 0.167 e. The van der Waals surface area contributed by atoms with Crippen LogP contribution in [0.1, 0.15) is 58.9 Å². The van der Waals surface area contributed by atoms with E-state index in [2.05, 4.69) is 30.4 Å². The molecule has 3 heteroatoms. The Kier molecular flexibility index (Phi) is 7.42. The van der Waals surface area contributed by atoms with Gasteiger partial charge in [-0.3, -0.25) is 9.59 Å². The summed E-state index contributed by atoms with van der Waals surface area (Å²) in [6.45, 7) is 9.69. The van der Waals surface area contributed by atoms with Gasteiger partial charge in [0.15, 0.2) is 11.6 Å². The Balaban J connectivity index is 1.83. The van der Waals surface area contributed by atoms with Crippen LogP contribution in [0.4, 0.5) is 5.69 Å². The number of nitrogens with one attached hydrogen (secondary N) is 1. The molecular weight excluding hydrogens is 394 g/mol. The second-order valence-corrected chi connectivity index (χ2v) is 8.29. The number of ketones is 2. The van der Waals surface area contributed by atoms with Crippen molar-refractivity contribution in [2.75, 3.05) is 5.32 Å². The van der Waals surface area contributed by atoms with Crippen LogP contribution < -0.4 is 5.32 Å². The van der Waals surface area contributed by atoms with Crippen LogP contribution in [0.2, 0.25) is 0 Å². The van der Waals surface area contributed by atoms with Crippen molar-refractivity contribution in [2.24, 2.45) is 0 Å². The van der Waals surface area contributed by atoms with E-state index in [-0.39, 0.29) is 11.6 Å². The van der Waals surface area contributed by atoms with Crippen molar-refractivity contribution in [1.82, 2.24) is 0 Å². The van der Waals surface area contributed by atoms with E-state index in [1.54, 1.807) is 6.92 Å². The summed E-state index contributed by atoms with van der Waals surface area (Å²) in [7, 11) is 0. The van der Waals surface area contributed by atoms with Gasteiger partial charge in [0, 0.05) is 28.9 Å². The summed E-state index contributed by atoms with van der Waals surface area (Å²) in [6, 6.07) is 21.7. The first-order chi connectivity index (χ1) is 15.3. The van der Waals surface area contributed by atoms with Crippen LogP contribution in [0, 0.1) is 13.8 Å². The van der Waals surface area contributed by atoms with Gasteiger partial charge in [0.2, 0.25) is 0 Å². The van der Waals surface area contributed by atoms with Crippen molar-refractivity contribution < 1.29 is 9.59 Å². The fraction of sp³-hybridized carbons (Fsp3) is 0.241. The van der Waals surface area contributed by atoms with Gasteiger partial charge in [0.05, 0.1) is 0 Å². The second-order valence-electron chi connectivity index (χ2n) is 8.29.